The highest BCUT2D eigenvalue weighted by Crippen LogP contribution is 2.32. The van der Waals surface area contributed by atoms with E-state index in [2.05, 4.69) is 44.0 Å². The Bertz CT molecular complexity index is 292. The quantitative estimate of drug-likeness (QED) is 0.677. The van der Waals surface area contributed by atoms with Gasteiger partial charge in [-0.15, -0.1) is 0 Å². The van der Waals surface area contributed by atoms with Gasteiger partial charge in [-0.25, -0.2) is 0 Å². The van der Waals surface area contributed by atoms with Crippen molar-refractivity contribution in [2.45, 2.75) is 19.3 Å². The molecule has 0 aliphatic heterocycles. The minimum absolute atomic E-state index is 1.19. The lowest BCUT2D eigenvalue weighted by molar-refractivity contribution is 0.910. The summed E-state index contributed by atoms with van der Waals surface area (Å²) in [5.41, 5.74) is 3.01. The Morgan fingerprint density at radius 2 is 1.91 bits per heavy atom. The summed E-state index contributed by atoms with van der Waals surface area (Å²) >= 11 is 7.05. The highest BCUT2D eigenvalue weighted by Gasteiger charge is 2.13. The van der Waals surface area contributed by atoms with E-state index in [0.717, 1.165) is 0 Å². The Labute approximate surface area is 83.3 Å². The van der Waals surface area contributed by atoms with Gasteiger partial charge in [0.1, 0.15) is 0 Å². The summed E-state index contributed by atoms with van der Waals surface area (Å²) in [6.45, 7) is 0. The standard InChI is InChI=1S/C9H8Br2/c10-7-4-6-2-1-3-8(6)9(11)5-7/h4-5H,1-3H2. The van der Waals surface area contributed by atoms with E-state index in [0.29, 0.717) is 0 Å². The zero-order valence-electron chi connectivity index (χ0n) is 6.03. The predicted molar refractivity (Wildman–Crippen MR) is 53.9 cm³/mol. The van der Waals surface area contributed by atoms with Gasteiger partial charge < -0.3 is 0 Å². The molecular formula is C9H8Br2. The van der Waals surface area contributed by atoms with E-state index in [1.54, 1.807) is 0 Å². The van der Waals surface area contributed by atoms with Crippen LogP contribution < -0.4 is 0 Å². The Morgan fingerprint density at radius 1 is 1.09 bits per heavy atom. The van der Waals surface area contributed by atoms with Gasteiger partial charge in [-0.1, -0.05) is 31.9 Å². The molecule has 1 aliphatic carbocycles. The van der Waals surface area contributed by atoms with Gasteiger partial charge in [0.2, 0.25) is 0 Å². The fourth-order valence-corrected chi connectivity index (χ4v) is 3.13. The summed E-state index contributed by atoms with van der Waals surface area (Å²) in [6, 6.07) is 4.36. The summed E-state index contributed by atoms with van der Waals surface area (Å²) < 4.78 is 2.45. The number of rotatable bonds is 0. The maximum Gasteiger partial charge on any atom is 0.0221 e. The van der Waals surface area contributed by atoms with Crippen LogP contribution in [0.2, 0.25) is 0 Å². The Balaban J connectivity index is 2.60. The van der Waals surface area contributed by atoms with Crippen LogP contribution in [-0.4, -0.2) is 0 Å². The molecule has 0 N–H and O–H groups in total. The van der Waals surface area contributed by atoms with Crippen molar-refractivity contribution in [3.8, 4) is 0 Å². The van der Waals surface area contributed by atoms with E-state index >= 15 is 0 Å². The predicted octanol–water partition coefficient (Wildman–Crippen LogP) is 3.70. The van der Waals surface area contributed by atoms with Gasteiger partial charge >= 0.3 is 0 Å². The highest BCUT2D eigenvalue weighted by atomic mass is 79.9. The molecule has 2 heteroatoms. The largest absolute Gasteiger partial charge is 0.0508 e. The van der Waals surface area contributed by atoms with Gasteiger partial charge in [0.25, 0.3) is 0 Å². The normalized spacial score (nSPS) is 15.1. The maximum absolute atomic E-state index is 3.57. The van der Waals surface area contributed by atoms with Crippen LogP contribution in [0.4, 0.5) is 0 Å². The topological polar surface area (TPSA) is 0 Å². The molecule has 0 amide bonds. The third kappa shape index (κ3) is 1.38. The minimum atomic E-state index is 1.19. The molecule has 0 bridgehead atoms. The second kappa shape index (κ2) is 2.91. The fourth-order valence-electron chi connectivity index (χ4n) is 1.62. The average molecular weight is 276 g/mol. The minimum Gasteiger partial charge on any atom is -0.0508 e. The van der Waals surface area contributed by atoms with Crippen LogP contribution >= 0.6 is 31.9 Å². The van der Waals surface area contributed by atoms with E-state index in [1.807, 2.05) is 0 Å². The van der Waals surface area contributed by atoms with E-state index < -0.39 is 0 Å². The molecule has 0 heterocycles. The average Bonchev–Trinajstić information content (AvgIpc) is 2.34. The number of halogens is 2. The summed E-state index contributed by atoms with van der Waals surface area (Å²) in [5.74, 6) is 0. The lowest BCUT2D eigenvalue weighted by Crippen LogP contribution is -1.83. The monoisotopic (exact) mass is 274 g/mol. The third-order valence-corrected chi connectivity index (χ3v) is 3.29. The summed E-state index contributed by atoms with van der Waals surface area (Å²) in [5, 5.41) is 0. The molecule has 0 saturated heterocycles. The van der Waals surface area contributed by atoms with Gasteiger partial charge in [-0.2, -0.15) is 0 Å². The fraction of sp³-hybridized carbons (Fsp3) is 0.333. The molecule has 0 unspecified atom stereocenters. The van der Waals surface area contributed by atoms with E-state index in [4.69, 9.17) is 0 Å². The number of aryl methyl sites for hydroxylation is 1. The van der Waals surface area contributed by atoms with Gasteiger partial charge in [-0.05, 0) is 42.5 Å². The molecule has 2 rings (SSSR count). The first-order chi connectivity index (χ1) is 5.27. The van der Waals surface area contributed by atoms with Crippen LogP contribution in [0.15, 0.2) is 21.1 Å². The second-order valence-electron chi connectivity index (χ2n) is 2.88. The first-order valence-corrected chi connectivity index (χ1v) is 5.33. The van der Waals surface area contributed by atoms with Crippen LogP contribution in [0, 0.1) is 0 Å². The third-order valence-electron chi connectivity index (χ3n) is 2.13. The van der Waals surface area contributed by atoms with Crippen molar-refractivity contribution >= 4 is 31.9 Å². The molecule has 1 aromatic carbocycles. The molecule has 0 atom stereocenters. The molecule has 1 aliphatic rings. The maximum atomic E-state index is 3.57. The molecule has 1 aromatic rings. The second-order valence-corrected chi connectivity index (χ2v) is 4.65. The van der Waals surface area contributed by atoms with Gasteiger partial charge in [0.15, 0.2) is 0 Å². The van der Waals surface area contributed by atoms with Crippen LogP contribution in [0.3, 0.4) is 0 Å². The Kier molecular flexibility index (Phi) is 2.06. The lowest BCUT2D eigenvalue weighted by atomic mass is 10.1. The van der Waals surface area contributed by atoms with Gasteiger partial charge in [-0.3, -0.25) is 0 Å². The van der Waals surface area contributed by atoms with E-state index in [9.17, 15) is 0 Å². The molecule has 0 radical (unpaired) electrons. The van der Waals surface area contributed by atoms with E-state index in [1.165, 1.54) is 39.3 Å². The molecule has 0 saturated carbocycles. The van der Waals surface area contributed by atoms with Crippen molar-refractivity contribution in [1.82, 2.24) is 0 Å². The van der Waals surface area contributed by atoms with E-state index in [-0.39, 0.29) is 0 Å². The first-order valence-electron chi connectivity index (χ1n) is 3.74. The number of fused-ring (bicyclic) bond motifs is 1. The summed E-state index contributed by atoms with van der Waals surface area (Å²) in [4.78, 5) is 0. The zero-order valence-corrected chi connectivity index (χ0v) is 9.20. The van der Waals surface area contributed by atoms with Crippen molar-refractivity contribution in [2.24, 2.45) is 0 Å². The smallest absolute Gasteiger partial charge is 0.0221 e. The van der Waals surface area contributed by atoms with Crippen molar-refractivity contribution in [3.05, 3.63) is 32.2 Å². The van der Waals surface area contributed by atoms with Crippen molar-refractivity contribution in [1.29, 1.82) is 0 Å². The number of hydrogen-bond donors (Lipinski definition) is 0. The molecule has 0 nitrogen and oxygen atoms in total. The first kappa shape index (κ1) is 7.81. The van der Waals surface area contributed by atoms with Crippen LogP contribution in [0.25, 0.3) is 0 Å². The SMILES string of the molecule is Brc1cc(Br)c2c(c1)CCC2. The molecular weight excluding hydrogens is 268 g/mol. The molecule has 58 valence electrons. The zero-order chi connectivity index (χ0) is 7.84. The van der Waals surface area contributed by atoms with Crippen molar-refractivity contribution in [3.63, 3.8) is 0 Å². The number of benzene rings is 1. The van der Waals surface area contributed by atoms with Crippen LogP contribution in [0.5, 0.6) is 0 Å². The van der Waals surface area contributed by atoms with Crippen molar-refractivity contribution < 1.29 is 0 Å². The van der Waals surface area contributed by atoms with Gasteiger partial charge in [0, 0.05) is 8.95 Å². The summed E-state index contributed by atoms with van der Waals surface area (Å²) in [6.07, 6.45) is 3.79. The van der Waals surface area contributed by atoms with Crippen LogP contribution in [-0.2, 0) is 12.8 Å². The van der Waals surface area contributed by atoms with Crippen molar-refractivity contribution in [2.75, 3.05) is 0 Å². The Hall–Kier alpha value is 0.180. The number of hydrogen-bond acceptors (Lipinski definition) is 0. The van der Waals surface area contributed by atoms with Crippen LogP contribution in [0.1, 0.15) is 17.5 Å². The Morgan fingerprint density at radius 3 is 2.73 bits per heavy atom. The molecule has 0 fully saturated rings. The highest BCUT2D eigenvalue weighted by molar-refractivity contribution is 9.11. The molecule has 0 aromatic heterocycles. The van der Waals surface area contributed by atoms with Gasteiger partial charge in [0.05, 0.1) is 0 Å². The molecule has 0 spiro atoms. The molecule has 11 heavy (non-hydrogen) atoms. The lowest BCUT2D eigenvalue weighted by Gasteiger charge is -2.02. The summed E-state index contributed by atoms with van der Waals surface area (Å²) in [7, 11) is 0.